The third kappa shape index (κ3) is 2.90. The van der Waals surface area contributed by atoms with Gasteiger partial charge in [-0.3, -0.25) is 0 Å². The smallest absolute Gasteiger partial charge is 0.216 e. The van der Waals surface area contributed by atoms with Crippen molar-refractivity contribution in [2.45, 2.75) is 43.7 Å². The average molecular weight is 355 g/mol. The van der Waals surface area contributed by atoms with Crippen molar-refractivity contribution in [3.05, 3.63) is 23.5 Å². The summed E-state index contributed by atoms with van der Waals surface area (Å²) in [6.07, 6.45) is 1.96. The van der Waals surface area contributed by atoms with Crippen molar-refractivity contribution in [1.82, 2.24) is 24.8 Å². The number of anilines is 1. The van der Waals surface area contributed by atoms with Gasteiger partial charge in [-0.15, -0.1) is 10.2 Å². The van der Waals surface area contributed by atoms with Crippen LogP contribution in [-0.4, -0.2) is 37.6 Å². The zero-order valence-electron chi connectivity index (χ0n) is 14.8. The molecule has 0 radical (unpaired) electrons. The maximum atomic E-state index is 4.74. The number of hydrogen-bond acceptors (Lipinski definition) is 6. The van der Waals surface area contributed by atoms with Crippen molar-refractivity contribution in [3.63, 3.8) is 0 Å². The average Bonchev–Trinajstić information content (AvgIpc) is 3.13. The summed E-state index contributed by atoms with van der Waals surface area (Å²) in [4.78, 5) is 8.90. The van der Waals surface area contributed by atoms with E-state index in [1.165, 1.54) is 5.56 Å². The molecular weight excluding hydrogens is 334 g/mol. The molecule has 4 rings (SSSR count). The fraction of sp³-hybridized carbons (Fsp3) is 0.412. The van der Waals surface area contributed by atoms with Crippen LogP contribution in [0.3, 0.4) is 0 Å². The Kier molecular flexibility index (Phi) is 3.99. The normalized spacial score (nSPS) is 17.3. The van der Waals surface area contributed by atoms with Crippen molar-refractivity contribution in [2.75, 3.05) is 12.4 Å². The molecule has 0 fully saturated rings. The van der Waals surface area contributed by atoms with Gasteiger partial charge in [0.15, 0.2) is 5.82 Å². The summed E-state index contributed by atoms with van der Waals surface area (Å²) < 4.78 is 1.90. The summed E-state index contributed by atoms with van der Waals surface area (Å²) in [5, 5.41) is 17.3. The molecule has 0 bridgehead atoms. The van der Waals surface area contributed by atoms with Gasteiger partial charge >= 0.3 is 0 Å². The van der Waals surface area contributed by atoms with E-state index in [0.29, 0.717) is 5.92 Å². The Morgan fingerprint density at radius 2 is 2.12 bits per heavy atom. The maximum absolute atomic E-state index is 4.74. The van der Waals surface area contributed by atoms with Gasteiger partial charge in [-0.2, -0.15) is 9.78 Å². The number of fused-ring (bicyclic) bond motifs is 2. The highest BCUT2D eigenvalue weighted by Crippen LogP contribution is 2.33. The summed E-state index contributed by atoms with van der Waals surface area (Å²) in [5.41, 5.74) is 4.25. The van der Waals surface area contributed by atoms with Gasteiger partial charge < -0.3 is 10.3 Å². The van der Waals surface area contributed by atoms with Crippen LogP contribution in [0.4, 0.5) is 5.95 Å². The highest BCUT2D eigenvalue weighted by Gasteiger charge is 2.20. The SMILES string of the molecule is CNc1nc2cc(Sc3nnc4n3N=C(C)C(C)CC4)c(C)cc2[nH]1. The molecule has 0 spiro atoms. The van der Waals surface area contributed by atoms with E-state index >= 15 is 0 Å². The van der Waals surface area contributed by atoms with Crippen LogP contribution in [0.25, 0.3) is 11.0 Å². The summed E-state index contributed by atoms with van der Waals surface area (Å²) in [7, 11) is 1.85. The summed E-state index contributed by atoms with van der Waals surface area (Å²) in [5.74, 6) is 2.17. The molecule has 1 aliphatic rings. The lowest BCUT2D eigenvalue weighted by Crippen LogP contribution is -2.06. The first kappa shape index (κ1) is 16.1. The molecule has 2 N–H and O–H groups in total. The van der Waals surface area contributed by atoms with Crippen LogP contribution in [0.15, 0.2) is 27.3 Å². The molecule has 8 heteroatoms. The molecule has 0 saturated carbocycles. The van der Waals surface area contributed by atoms with E-state index in [-0.39, 0.29) is 0 Å². The maximum Gasteiger partial charge on any atom is 0.216 e. The third-order valence-electron chi connectivity index (χ3n) is 4.67. The fourth-order valence-corrected chi connectivity index (χ4v) is 3.80. The number of aromatic nitrogens is 5. The number of rotatable bonds is 3. The largest absolute Gasteiger partial charge is 0.359 e. The molecule has 1 atom stereocenters. The zero-order valence-corrected chi connectivity index (χ0v) is 15.6. The highest BCUT2D eigenvalue weighted by molar-refractivity contribution is 7.99. The molecule has 1 unspecified atom stereocenters. The predicted molar refractivity (Wildman–Crippen MR) is 101 cm³/mol. The summed E-state index contributed by atoms with van der Waals surface area (Å²) in [6, 6.07) is 4.20. The molecule has 7 nitrogen and oxygen atoms in total. The molecule has 0 amide bonds. The van der Waals surface area contributed by atoms with Crippen molar-refractivity contribution in [2.24, 2.45) is 11.0 Å². The van der Waals surface area contributed by atoms with E-state index < -0.39 is 0 Å². The molecule has 2 aromatic heterocycles. The van der Waals surface area contributed by atoms with E-state index in [9.17, 15) is 0 Å². The Hall–Kier alpha value is -2.35. The second-order valence-electron chi connectivity index (χ2n) is 6.46. The minimum absolute atomic E-state index is 0.474. The second-order valence-corrected chi connectivity index (χ2v) is 7.47. The molecule has 130 valence electrons. The van der Waals surface area contributed by atoms with Crippen LogP contribution >= 0.6 is 11.8 Å². The lowest BCUT2D eigenvalue weighted by molar-refractivity contribution is 0.663. The van der Waals surface area contributed by atoms with E-state index in [2.05, 4.69) is 58.4 Å². The number of nitrogens with zero attached hydrogens (tertiary/aromatic N) is 5. The Bertz CT molecular complexity index is 969. The minimum Gasteiger partial charge on any atom is -0.359 e. The van der Waals surface area contributed by atoms with Crippen LogP contribution in [0, 0.1) is 12.8 Å². The molecule has 0 aliphatic carbocycles. The van der Waals surface area contributed by atoms with Crippen molar-refractivity contribution in [3.8, 4) is 0 Å². The molecule has 3 aromatic rings. The second kappa shape index (κ2) is 6.18. The number of benzene rings is 1. The predicted octanol–water partition coefficient (Wildman–Crippen LogP) is 3.46. The lowest BCUT2D eigenvalue weighted by atomic mass is 10.0. The van der Waals surface area contributed by atoms with Crippen molar-refractivity contribution in [1.29, 1.82) is 0 Å². The summed E-state index contributed by atoms with van der Waals surface area (Å²) in [6.45, 7) is 6.38. The Morgan fingerprint density at radius 3 is 2.92 bits per heavy atom. The number of imidazole rings is 1. The number of aryl methyl sites for hydroxylation is 2. The van der Waals surface area contributed by atoms with E-state index in [4.69, 9.17) is 5.10 Å². The minimum atomic E-state index is 0.474. The van der Waals surface area contributed by atoms with Gasteiger partial charge in [0, 0.05) is 24.1 Å². The van der Waals surface area contributed by atoms with Gasteiger partial charge in [0.1, 0.15) is 0 Å². The van der Waals surface area contributed by atoms with Crippen LogP contribution in [0.5, 0.6) is 0 Å². The standard InChI is InChI=1S/C17H21N7S/c1-9-5-6-15-21-22-17(24(15)23-11(9)3)25-14-8-13-12(7-10(14)2)19-16(18-4)20-13/h7-9H,5-6H2,1-4H3,(H2,18,19,20). The van der Waals surface area contributed by atoms with E-state index in [0.717, 1.165) is 51.4 Å². The third-order valence-corrected chi connectivity index (χ3v) is 5.76. The van der Waals surface area contributed by atoms with Gasteiger partial charge in [-0.05, 0) is 55.6 Å². The van der Waals surface area contributed by atoms with Gasteiger partial charge in [-0.25, -0.2) is 4.98 Å². The number of H-pyrrole nitrogens is 1. The lowest BCUT2D eigenvalue weighted by Gasteiger charge is -2.07. The van der Waals surface area contributed by atoms with E-state index in [1.807, 2.05) is 11.7 Å². The first-order chi connectivity index (χ1) is 12.0. The molecule has 0 saturated heterocycles. The molecule has 1 aliphatic heterocycles. The molecule has 25 heavy (non-hydrogen) atoms. The number of hydrogen-bond donors (Lipinski definition) is 2. The Morgan fingerprint density at radius 1 is 1.28 bits per heavy atom. The van der Waals surface area contributed by atoms with Crippen molar-refractivity contribution >= 4 is 34.5 Å². The first-order valence-corrected chi connectivity index (χ1v) is 9.22. The molecule has 3 heterocycles. The molecule has 1 aromatic carbocycles. The van der Waals surface area contributed by atoms with E-state index in [1.54, 1.807) is 11.8 Å². The number of nitrogens with one attached hydrogen (secondary N) is 2. The van der Waals surface area contributed by atoms with Crippen LogP contribution in [0.1, 0.15) is 31.7 Å². The van der Waals surface area contributed by atoms with Crippen LogP contribution < -0.4 is 5.32 Å². The van der Waals surface area contributed by atoms with Crippen LogP contribution in [0.2, 0.25) is 0 Å². The van der Waals surface area contributed by atoms with Gasteiger partial charge in [-0.1, -0.05) is 6.92 Å². The van der Waals surface area contributed by atoms with Crippen LogP contribution in [-0.2, 0) is 6.42 Å². The van der Waals surface area contributed by atoms with Crippen molar-refractivity contribution < 1.29 is 0 Å². The van der Waals surface area contributed by atoms with Gasteiger partial charge in [0.2, 0.25) is 11.1 Å². The van der Waals surface area contributed by atoms with Gasteiger partial charge in [0.25, 0.3) is 0 Å². The number of aromatic amines is 1. The topological polar surface area (TPSA) is 83.8 Å². The Labute approximate surface area is 150 Å². The Balaban J connectivity index is 1.73. The summed E-state index contributed by atoms with van der Waals surface area (Å²) >= 11 is 1.59. The fourth-order valence-electron chi connectivity index (χ4n) is 2.90. The highest BCUT2D eigenvalue weighted by atomic mass is 32.2. The first-order valence-electron chi connectivity index (χ1n) is 8.41. The zero-order chi connectivity index (χ0) is 17.6. The molecular formula is C17H21N7S. The quantitative estimate of drug-likeness (QED) is 0.752. The monoisotopic (exact) mass is 355 g/mol. The van der Waals surface area contributed by atoms with Gasteiger partial charge in [0.05, 0.1) is 11.0 Å².